The zero-order valence-corrected chi connectivity index (χ0v) is 18.4. The first-order valence-corrected chi connectivity index (χ1v) is 11.0. The molecule has 2 aromatic rings. The van der Waals surface area contributed by atoms with Crippen molar-refractivity contribution >= 4 is 23.4 Å². The average Bonchev–Trinajstić information content (AvgIpc) is 2.77. The van der Waals surface area contributed by atoms with E-state index in [-0.39, 0.29) is 36.8 Å². The Balaban J connectivity index is 1.70. The molecule has 1 atom stereocenters. The molecule has 0 heterocycles. The number of hydrogen-bond acceptors (Lipinski definition) is 3. The lowest BCUT2D eigenvalue weighted by molar-refractivity contribution is -0.142. The molecule has 0 bridgehead atoms. The fourth-order valence-electron chi connectivity index (χ4n) is 3.72. The van der Waals surface area contributed by atoms with Gasteiger partial charge in [-0.1, -0.05) is 49.1 Å². The topological polar surface area (TPSA) is 58.6 Å². The van der Waals surface area contributed by atoms with Gasteiger partial charge in [0.2, 0.25) is 5.91 Å². The number of carbonyl (C=O) groups is 2. The normalized spacial score (nSPS) is 15.2. The molecule has 5 nitrogen and oxygen atoms in total. The molecular formula is C24H28ClFN2O3. The number of nitrogens with zero attached hydrogens (tertiary/aromatic N) is 1. The van der Waals surface area contributed by atoms with Gasteiger partial charge < -0.3 is 15.0 Å². The van der Waals surface area contributed by atoms with Crippen LogP contribution < -0.4 is 10.1 Å². The van der Waals surface area contributed by atoms with Crippen molar-refractivity contribution in [1.29, 1.82) is 0 Å². The van der Waals surface area contributed by atoms with Crippen LogP contribution in [0.1, 0.15) is 44.6 Å². The Hall–Kier alpha value is -2.60. The third-order valence-corrected chi connectivity index (χ3v) is 5.78. The fourth-order valence-corrected chi connectivity index (χ4v) is 3.90. The third-order valence-electron chi connectivity index (χ3n) is 5.54. The Labute approximate surface area is 187 Å². The van der Waals surface area contributed by atoms with Gasteiger partial charge in [0, 0.05) is 17.6 Å². The van der Waals surface area contributed by atoms with Crippen LogP contribution in [0.25, 0.3) is 0 Å². The summed E-state index contributed by atoms with van der Waals surface area (Å²) >= 11 is 5.97. The summed E-state index contributed by atoms with van der Waals surface area (Å²) in [7, 11) is 0. The molecule has 166 valence electrons. The van der Waals surface area contributed by atoms with Gasteiger partial charge in [-0.05, 0) is 55.7 Å². The quantitative estimate of drug-likeness (QED) is 0.638. The Bertz CT molecular complexity index is 885. The van der Waals surface area contributed by atoms with E-state index in [4.69, 9.17) is 16.3 Å². The van der Waals surface area contributed by atoms with Crippen molar-refractivity contribution in [3.63, 3.8) is 0 Å². The Kier molecular flexibility index (Phi) is 8.29. The van der Waals surface area contributed by atoms with Crippen LogP contribution in [0.2, 0.25) is 5.02 Å². The second-order valence-electron chi connectivity index (χ2n) is 7.91. The van der Waals surface area contributed by atoms with Gasteiger partial charge in [-0.15, -0.1) is 0 Å². The number of rotatable bonds is 8. The molecule has 0 radical (unpaired) electrons. The number of benzene rings is 2. The minimum atomic E-state index is -0.692. The summed E-state index contributed by atoms with van der Waals surface area (Å²) in [6.45, 7) is 1.65. The highest BCUT2D eigenvalue weighted by molar-refractivity contribution is 6.30. The molecule has 0 aliphatic heterocycles. The maximum Gasteiger partial charge on any atom is 0.261 e. The van der Waals surface area contributed by atoms with E-state index in [2.05, 4.69) is 5.32 Å². The van der Waals surface area contributed by atoms with E-state index < -0.39 is 6.04 Å². The van der Waals surface area contributed by atoms with Crippen LogP contribution in [0.15, 0.2) is 48.5 Å². The molecule has 0 spiro atoms. The summed E-state index contributed by atoms with van der Waals surface area (Å²) in [6.07, 6.45) is 5.32. The van der Waals surface area contributed by atoms with Crippen molar-refractivity contribution in [3.05, 3.63) is 64.9 Å². The zero-order chi connectivity index (χ0) is 22.2. The van der Waals surface area contributed by atoms with Gasteiger partial charge in [0.25, 0.3) is 5.91 Å². The molecule has 1 N–H and O–H groups in total. The predicted molar refractivity (Wildman–Crippen MR) is 118 cm³/mol. The molecule has 2 amide bonds. The van der Waals surface area contributed by atoms with Gasteiger partial charge in [-0.2, -0.15) is 0 Å². The van der Waals surface area contributed by atoms with Crippen LogP contribution in [0.5, 0.6) is 5.75 Å². The largest absolute Gasteiger partial charge is 0.484 e. The second kappa shape index (κ2) is 11.1. The van der Waals surface area contributed by atoms with Gasteiger partial charge in [-0.25, -0.2) is 4.39 Å². The van der Waals surface area contributed by atoms with Gasteiger partial charge >= 0.3 is 0 Å². The molecule has 1 aliphatic rings. The number of nitrogens with one attached hydrogen (secondary N) is 1. The Morgan fingerprint density at radius 3 is 2.55 bits per heavy atom. The number of halogens is 2. The van der Waals surface area contributed by atoms with E-state index in [1.165, 1.54) is 23.5 Å². The van der Waals surface area contributed by atoms with Crippen molar-refractivity contribution in [3.8, 4) is 5.75 Å². The third kappa shape index (κ3) is 6.96. The highest BCUT2D eigenvalue weighted by atomic mass is 35.5. The van der Waals surface area contributed by atoms with Crippen molar-refractivity contribution in [1.82, 2.24) is 10.2 Å². The fraction of sp³-hybridized carbons (Fsp3) is 0.417. The summed E-state index contributed by atoms with van der Waals surface area (Å²) in [5, 5.41) is 3.59. The summed E-state index contributed by atoms with van der Waals surface area (Å²) in [4.78, 5) is 27.4. The predicted octanol–water partition coefficient (Wildman–Crippen LogP) is 4.72. The first-order chi connectivity index (χ1) is 14.9. The summed E-state index contributed by atoms with van der Waals surface area (Å²) in [5.41, 5.74) is 0.731. The molecule has 7 heteroatoms. The van der Waals surface area contributed by atoms with Crippen LogP contribution in [0, 0.1) is 5.82 Å². The summed E-state index contributed by atoms with van der Waals surface area (Å²) < 4.78 is 18.9. The second-order valence-corrected chi connectivity index (χ2v) is 8.35. The molecule has 1 saturated carbocycles. The highest BCUT2D eigenvalue weighted by Gasteiger charge is 2.28. The van der Waals surface area contributed by atoms with Crippen LogP contribution in [-0.2, 0) is 16.1 Å². The lowest BCUT2D eigenvalue weighted by Gasteiger charge is -2.31. The smallest absolute Gasteiger partial charge is 0.261 e. The van der Waals surface area contributed by atoms with Crippen LogP contribution in [0.3, 0.4) is 0 Å². The van der Waals surface area contributed by atoms with Gasteiger partial charge in [0.15, 0.2) is 6.61 Å². The zero-order valence-electron chi connectivity index (χ0n) is 17.7. The molecule has 0 saturated heterocycles. The number of carbonyl (C=O) groups excluding carboxylic acids is 2. The molecular weight excluding hydrogens is 419 g/mol. The van der Waals surface area contributed by atoms with E-state index in [0.29, 0.717) is 10.8 Å². The van der Waals surface area contributed by atoms with Crippen molar-refractivity contribution in [2.75, 3.05) is 6.61 Å². The van der Waals surface area contributed by atoms with E-state index in [0.717, 1.165) is 31.2 Å². The summed E-state index contributed by atoms with van der Waals surface area (Å²) in [6, 6.07) is 12.1. The van der Waals surface area contributed by atoms with E-state index in [1.54, 1.807) is 43.3 Å². The minimum absolute atomic E-state index is 0.147. The maximum atomic E-state index is 13.3. The monoisotopic (exact) mass is 446 g/mol. The number of amides is 2. The van der Waals surface area contributed by atoms with E-state index in [1.807, 2.05) is 0 Å². The molecule has 1 aliphatic carbocycles. The van der Waals surface area contributed by atoms with Gasteiger partial charge in [0.1, 0.15) is 17.6 Å². The molecule has 3 rings (SSSR count). The van der Waals surface area contributed by atoms with Crippen molar-refractivity contribution in [2.45, 2.75) is 57.7 Å². The molecule has 0 unspecified atom stereocenters. The molecule has 0 aromatic heterocycles. The molecule has 31 heavy (non-hydrogen) atoms. The number of ether oxygens (including phenoxy) is 1. The Morgan fingerprint density at radius 2 is 1.87 bits per heavy atom. The highest BCUT2D eigenvalue weighted by Crippen LogP contribution is 2.19. The molecule has 2 aromatic carbocycles. The summed E-state index contributed by atoms with van der Waals surface area (Å²) in [5.74, 6) is -0.406. The number of hydrogen-bond donors (Lipinski definition) is 1. The van der Waals surface area contributed by atoms with Crippen LogP contribution >= 0.6 is 11.6 Å². The lowest BCUT2D eigenvalue weighted by atomic mass is 9.95. The van der Waals surface area contributed by atoms with Gasteiger partial charge in [0.05, 0.1) is 0 Å². The first kappa shape index (κ1) is 23.1. The van der Waals surface area contributed by atoms with Crippen LogP contribution in [0.4, 0.5) is 4.39 Å². The van der Waals surface area contributed by atoms with Gasteiger partial charge in [-0.3, -0.25) is 9.59 Å². The molecule has 1 fully saturated rings. The first-order valence-electron chi connectivity index (χ1n) is 10.6. The van der Waals surface area contributed by atoms with E-state index >= 15 is 0 Å². The van der Waals surface area contributed by atoms with Crippen molar-refractivity contribution in [2.24, 2.45) is 0 Å². The standard InChI is InChI=1S/C24H28ClFN2O3/c1-17(24(30)27-21-7-3-2-4-8-21)28(15-18-10-12-20(26)13-11-18)23(29)16-31-22-9-5-6-19(25)14-22/h5-6,9-14,17,21H,2-4,7-8,15-16H2,1H3,(H,27,30)/t17-/m0/s1. The van der Waals surface area contributed by atoms with E-state index in [9.17, 15) is 14.0 Å². The maximum absolute atomic E-state index is 13.3. The average molecular weight is 447 g/mol. The minimum Gasteiger partial charge on any atom is -0.484 e. The van der Waals surface area contributed by atoms with Crippen molar-refractivity contribution < 1.29 is 18.7 Å². The lowest BCUT2D eigenvalue weighted by Crippen LogP contribution is -2.51. The van der Waals surface area contributed by atoms with Crippen LogP contribution in [-0.4, -0.2) is 35.4 Å². The Morgan fingerprint density at radius 1 is 1.16 bits per heavy atom. The SMILES string of the molecule is C[C@@H](C(=O)NC1CCCCC1)N(Cc1ccc(F)cc1)C(=O)COc1cccc(Cl)c1.